The van der Waals surface area contributed by atoms with Gasteiger partial charge in [0.1, 0.15) is 0 Å². The first-order valence-electron chi connectivity index (χ1n) is 5.30. The van der Waals surface area contributed by atoms with Gasteiger partial charge < -0.3 is 9.47 Å². The lowest BCUT2D eigenvalue weighted by molar-refractivity contribution is 0.0601. The molecule has 0 aromatic carbocycles. The van der Waals surface area contributed by atoms with Crippen molar-refractivity contribution in [2.24, 2.45) is 0 Å². The first-order chi connectivity index (χ1) is 8.76. The van der Waals surface area contributed by atoms with E-state index in [2.05, 4.69) is 9.97 Å². The molecule has 0 amide bonds. The molecule has 0 fully saturated rings. The average molecular weight is 244 g/mol. The molecule has 0 aliphatic carbocycles. The van der Waals surface area contributed by atoms with Crippen LogP contribution in [-0.4, -0.2) is 30.2 Å². The van der Waals surface area contributed by atoms with Gasteiger partial charge in [-0.2, -0.15) is 0 Å². The van der Waals surface area contributed by atoms with Crippen LogP contribution >= 0.6 is 0 Å². The molecule has 0 atom stereocenters. The molecule has 5 heteroatoms. The van der Waals surface area contributed by atoms with E-state index in [0.717, 1.165) is 5.56 Å². The fourth-order valence-electron chi connectivity index (χ4n) is 1.58. The van der Waals surface area contributed by atoms with Crippen LogP contribution in [0.5, 0.6) is 5.88 Å². The molecule has 0 N–H and O–H groups in total. The second-order valence-corrected chi connectivity index (χ2v) is 3.48. The fraction of sp³-hybridized carbons (Fsp3) is 0.154. The zero-order valence-corrected chi connectivity index (χ0v) is 10.1. The van der Waals surface area contributed by atoms with Crippen LogP contribution in [0, 0.1) is 0 Å². The minimum absolute atomic E-state index is 0.410. The van der Waals surface area contributed by atoms with E-state index in [9.17, 15) is 4.79 Å². The van der Waals surface area contributed by atoms with E-state index in [1.165, 1.54) is 14.2 Å². The molecule has 2 heterocycles. The van der Waals surface area contributed by atoms with Crippen molar-refractivity contribution in [2.45, 2.75) is 0 Å². The average Bonchev–Trinajstić information content (AvgIpc) is 2.46. The van der Waals surface area contributed by atoms with Crippen LogP contribution in [-0.2, 0) is 4.74 Å². The number of pyridine rings is 2. The van der Waals surface area contributed by atoms with E-state index >= 15 is 0 Å². The third-order valence-corrected chi connectivity index (χ3v) is 2.43. The molecule has 18 heavy (non-hydrogen) atoms. The first kappa shape index (κ1) is 12.0. The molecule has 2 aromatic heterocycles. The molecule has 0 saturated heterocycles. The first-order valence-corrected chi connectivity index (χ1v) is 5.30. The topological polar surface area (TPSA) is 61.3 Å². The lowest BCUT2D eigenvalue weighted by Gasteiger charge is -2.07. The molecule has 0 aliphatic heterocycles. The van der Waals surface area contributed by atoms with Gasteiger partial charge in [0.25, 0.3) is 0 Å². The zero-order chi connectivity index (χ0) is 13.0. The summed E-state index contributed by atoms with van der Waals surface area (Å²) in [5.41, 5.74) is 1.71. The van der Waals surface area contributed by atoms with Gasteiger partial charge in [-0.05, 0) is 18.2 Å². The van der Waals surface area contributed by atoms with Gasteiger partial charge in [-0.3, -0.25) is 4.98 Å². The van der Waals surface area contributed by atoms with E-state index < -0.39 is 5.97 Å². The van der Waals surface area contributed by atoms with Crippen molar-refractivity contribution in [2.75, 3.05) is 14.2 Å². The summed E-state index contributed by atoms with van der Waals surface area (Å²) in [4.78, 5) is 19.9. The Hall–Kier alpha value is -2.43. The Balaban J connectivity index is 2.53. The number of rotatable bonds is 3. The Morgan fingerprint density at radius 2 is 2.00 bits per heavy atom. The largest absolute Gasteiger partial charge is 0.481 e. The number of methoxy groups -OCH3 is 2. The van der Waals surface area contributed by atoms with Crippen molar-refractivity contribution in [1.82, 2.24) is 9.97 Å². The monoisotopic (exact) mass is 244 g/mol. The molecule has 0 unspecified atom stereocenters. The Bertz CT molecular complexity index is 570. The molecule has 0 saturated carbocycles. The van der Waals surface area contributed by atoms with Crippen LogP contribution < -0.4 is 4.74 Å². The highest BCUT2D eigenvalue weighted by molar-refractivity contribution is 5.96. The summed E-state index contributed by atoms with van der Waals surface area (Å²) in [5, 5.41) is 0. The van der Waals surface area contributed by atoms with Gasteiger partial charge in [-0.1, -0.05) is 0 Å². The van der Waals surface area contributed by atoms with Crippen molar-refractivity contribution >= 4 is 5.97 Å². The van der Waals surface area contributed by atoms with E-state index in [4.69, 9.17) is 9.47 Å². The van der Waals surface area contributed by atoms with Gasteiger partial charge in [0.2, 0.25) is 5.88 Å². The van der Waals surface area contributed by atoms with E-state index in [1.54, 1.807) is 36.7 Å². The summed E-state index contributed by atoms with van der Waals surface area (Å²) >= 11 is 0. The van der Waals surface area contributed by atoms with Crippen molar-refractivity contribution in [3.63, 3.8) is 0 Å². The predicted molar refractivity (Wildman–Crippen MR) is 65.4 cm³/mol. The number of carbonyl (C=O) groups excluding carboxylic acids is 1. The van der Waals surface area contributed by atoms with Crippen molar-refractivity contribution in [3.05, 3.63) is 42.2 Å². The highest BCUT2D eigenvalue weighted by atomic mass is 16.5. The number of nitrogens with zero attached hydrogens (tertiary/aromatic N) is 2. The predicted octanol–water partition coefficient (Wildman–Crippen LogP) is 1.94. The maximum Gasteiger partial charge on any atom is 0.340 e. The molecule has 0 spiro atoms. The van der Waals surface area contributed by atoms with Crippen molar-refractivity contribution in [3.8, 4) is 17.1 Å². The van der Waals surface area contributed by atoms with Gasteiger partial charge >= 0.3 is 5.97 Å². The summed E-state index contributed by atoms with van der Waals surface area (Å²) < 4.78 is 9.78. The quantitative estimate of drug-likeness (QED) is 0.772. The standard InChI is InChI=1S/C13H12N2O3/c1-17-11-8-9(5-7-14-11)12-10(13(16)18-2)4-3-6-15-12/h3-8H,1-2H3. The van der Waals surface area contributed by atoms with Gasteiger partial charge in [0.05, 0.1) is 25.5 Å². The summed E-state index contributed by atoms with van der Waals surface area (Å²) in [6, 6.07) is 6.83. The Morgan fingerprint density at radius 3 is 2.72 bits per heavy atom. The highest BCUT2D eigenvalue weighted by Crippen LogP contribution is 2.23. The van der Waals surface area contributed by atoms with Crippen LogP contribution in [0.15, 0.2) is 36.7 Å². The van der Waals surface area contributed by atoms with Gasteiger partial charge in [0.15, 0.2) is 0 Å². The summed E-state index contributed by atoms with van der Waals surface area (Å²) in [7, 11) is 2.87. The van der Waals surface area contributed by atoms with Crippen LogP contribution in [0.2, 0.25) is 0 Å². The van der Waals surface area contributed by atoms with Crippen LogP contribution in [0.3, 0.4) is 0 Å². The number of carbonyl (C=O) groups is 1. The zero-order valence-electron chi connectivity index (χ0n) is 10.1. The summed E-state index contributed by atoms with van der Waals surface area (Å²) in [6.45, 7) is 0. The Kier molecular flexibility index (Phi) is 3.52. The Labute approximate surface area is 104 Å². The molecule has 0 aliphatic rings. The van der Waals surface area contributed by atoms with Crippen LogP contribution in [0.1, 0.15) is 10.4 Å². The highest BCUT2D eigenvalue weighted by Gasteiger charge is 2.14. The second-order valence-electron chi connectivity index (χ2n) is 3.48. The molecular weight excluding hydrogens is 232 g/mol. The third kappa shape index (κ3) is 2.29. The number of aromatic nitrogens is 2. The maximum atomic E-state index is 11.7. The SMILES string of the molecule is COC(=O)c1cccnc1-c1ccnc(OC)c1. The lowest BCUT2D eigenvalue weighted by atomic mass is 10.1. The summed E-state index contributed by atoms with van der Waals surface area (Å²) in [6.07, 6.45) is 3.22. The number of ether oxygens (including phenoxy) is 2. The lowest BCUT2D eigenvalue weighted by Crippen LogP contribution is -2.04. The molecule has 5 nitrogen and oxygen atoms in total. The third-order valence-electron chi connectivity index (χ3n) is 2.43. The Morgan fingerprint density at radius 1 is 1.17 bits per heavy atom. The van der Waals surface area contributed by atoms with E-state index in [-0.39, 0.29) is 0 Å². The van der Waals surface area contributed by atoms with E-state index in [0.29, 0.717) is 17.1 Å². The molecule has 0 radical (unpaired) electrons. The number of hydrogen-bond donors (Lipinski definition) is 0. The second kappa shape index (κ2) is 5.27. The van der Waals surface area contributed by atoms with E-state index in [1.807, 2.05) is 0 Å². The normalized spacial score (nSPS) is 9.89. The van der Waals surface area contributed by atoms with Crippen molar-refractivity contribution in [1.29, 1.82) is 0 Å². The van der Waals surface area contributed by atoms with Gasteiger partial charge in [0, 0.05) is 24.0 Å². The molecule has 2 aromatic rings. The minimum Gasteiger partial charge on any atom is -0.481 e. The molecule has 2 rings (SSSR count). The van der Waals surface area contributed by atoms with Crippen LogP contribution in [0.25, 0.3) is 11.3 Å². The smallest absolute Gasteiger partial charge is 0.340 e. The summed E-state index contributed by atoms with van der Waals surface area (Å²) in [5.74, 6) is 0.0443. The number of esters is 1. The molecular formula is C13H12N2O3. The van der Waals surface area contributed by atoms with Gasteiger partial charge in [-0.25, -0.2) is 9.78 Å². The van der Waals surface area contributed by atoms with Crippen molar-refractivity contribution < 1.29 is 14.3 Å². The molecule has 92 valence electrons. The maximum absolute atomic E-state index is 11.7. The van der Waals surface area contributed by atoms with Gasteiger partial charge in [-0.15, -0.1) is 0 Å². The minimum atomic E-state index is -0.422. The fourth-order valence-corrected chi connectivity index (χ4v) is 1.58. The molecule has 0 bridgehead atoms. The van der Waals surface area contributed by atoms with Crippen LogP contribution in [0.4, 0.5) is 0 Å². The number of hydrogen-bond acceptors (Lipinski definition) is 5.